The van der Waals surface area contributed by atoms with E-state index in [2.05, 4.69) is 5.32 Å². The van der Waals surface area contributed by atoms with Gasteiger partial charge in [0.25, 0.3) is 0 Å². The number of anilines is 2. The number of halogens is 2. The van der Waals surface area contributed by atoms with Crippen LogP contribution in [0, 0.1) is 0 Å². The molecule has 0 radical (unpaired) electrons. The number of aryl methyl sites for hydroxylation is 1. The summed E-state index contributed by atoms with van der Waals surface area (Å²) in [6.07, 6.45) is 2.19. The van der Waals surface area contributed by atoms with E-state index in [1.54, 1.807) is 25.1 Å². The van der Waals surface area contributed by atoms with E-state index in [1.807, 2.05) is 19.1 Å². The standard InChI is InChI=1S/C19H22Cl2N2O3S/c1-4-13-6-9-15(10-7-13)22-19(24)17(5-2)23(27(3,25)26)18-12-14(20)8-11-16(18)21/h6-12,17H,4-5H2,1-3H3,(H,22,24). The summed E-state index contributed by atoms with van der Waals surface area (Å²) in [7, 11) is -3.79. The Labute approximate surface area is 170 Å². The molecule has 0 aliphatic carbocycles. The molecule has 2 aromatic rings. The molecule has 0 saturated carbocycles. The summed E-state index contributed by atoms with van der Waals surface area (Å²) >= 11 is 12.2. The quantitative estimate of drug-likeness (QED) is 0.692. The average Bonchev–Trinajstić information content (AvgIpc) is 2.61. The summed E-state index contributed by atoms with van der Waals surface area (Å²) < 4.78 is 26.0. The third-order valence-electron chi connectivity index (χ3n) is 4.11. The first-order valence-corrected chi connectivity index (χ1v) is 11.1. The second kappa shape index (κ2) is 8.95. The molecule has 0 fully saturated rings. The molecular formula is C19H22Cl2N2O3S. The van der Waals surface area contributed by atoms with E-state index in [4.69, 9.17) is 23.2 Å². The number of sulfonamides is 1. The first-order valence-electron chi connectivity index (χ1n) is 8.51. The zero-order valence-corrected chi connectivity index (χ0v) is 17.7. The molecule has 1 unspecified atom stereocenters. The van der Waals surface area contributed by atoms with Crippen molar-refractivity contribution in [3.05, 3.63) is 58.1 Å². The van der Waals surface area contributed by atoms with Crippen LogP contribution in [0.25, 0.3) is 0 Å². The number of amides is 1. The number of rotatable bonds is 7. The average molecular weight is 429 g/mol. The van der Waals surface area contributed by atoms with Gasteiger partial charge in [0, 0.05) is 10.7 Å². The summed E-state index contributed by atoms with van der Waals surface area (Å²) in [5.41, 5.74) is 1.92. The molecule has 1 amide bonds. The van der Waals surface area contributed by atoms with Crippen LogP contribution in [0.15, 0.2) is 42.5 Å². The highest BCUT2D eigenvalue weighted by Gasteiger charge is 2.33. The lowest BCUT2D eigenvalue weighted by Gasteiger charge is -2.30. The summed E-state index contributed by atoms with van der Waals surface area (Å²) in [5, 5.41) is 3.30. The van der Waals surface area contributed by atoms with Crippen molar-refractivity contribution in [1.82, 2.24) is 0 Å². The molecule has 5 nitrogen and oxygen atoms in total. The fourth-order valence-electron chi connectivity index (χ4n) is 2.74. The Morgan fingerprint density at radius 3 is 2.26 bits per heavy atom. The molecule has 0 aliphatic heterocycles. The molecule has 1 atom stereocenters. The number of hydrogen-bond acceptors (Lipinski definition) is 3. The minimum Gasteiger partial charge on any atom is -0.324 e. The molecule has 2 aromatic carbocycles. The third kappa shape index (κ3) is 5.37. The van der Waals surface area contributed by atoms with Gasteiger partial charge >= 0.3 is 0 Å². The van der Waals surface area contributed by atoms with E-state index in [1.165, 1.54) is 12.1 Å². The highest BCUT2D eigenvalue weighted by Crippen LogP contribution is 2.33. The van der Waals surface area contributed by atoms with Crippen molar-refractivity contribution in [1.29, 1.82) is 0 Å². The summed E-state index contributed by atoms with van der Waals surface area (Å²) in [6, 6.07) is 11.0. The Balaban J connectivity index is 2.39. The molecule has 8 heteroatoms. The zero-order chi connectivity index (χ0) is 20.2. The highest BCUT2D eigenvalue weighted by molar-refractivity contribution is 7.92. The van der Waals surface area contributed by atoms with Crippen LogP contribution in [-0.2, 0) is 21.2 Å². The van der Waals surface area contributed by atoms with Crippen molar-refractivity contribution in [3.8, 4) is 0 Å². The molecule has 0 spiro atoms. The molecule has 1 N–H and O–H groups in total. The smallest absolute Gasteiger partial charge is 0.248 e. The second-order valence-electron chi connectivity index (χ2n) is 6.12. The van der Waals surface area contributed by atoms with Crippen LogP contribution in [-0.4, -0.2) is 26.6 Å². The first kappa shape index (κ1) is 21.5. The van der Waals surface area contributed by atoms with Crippen LogP contribution < -0.4 is 9.62 Å². The Hall–Kier alpha value is -1.76. The van der Waals surface area contributed by atoms with Gasteiger partial charge in [-0.3, -0.25) is 9.10 Å². The fourth-order valence-corrected chi connectivity index (χ4v) is 4.38. The van der Waals surface area contributed by atoms with Gasteiger partial charge in [-0.15, -0.1) is 0 Å². The molecule has 0 aromatic heterocycles. The van der Waals surface area contributed by atoms with Crippen LogP contribution in [0.4, 0.5) is 11.4 Å². The number of carbonyl (C=O) groups excluding carboxylic acids is 1. The van der Waals surface area contributed by atoms with Crippen LogP contribution in [0.5, 0.6) is 0 Å². The van der Waals surface area contributed by atoms with Crippen molar-refractivity contribution in [3.63, 3.8) is 0 Å². The predicted molar refractivity (Wildman–Crippen MR) is 112 cm³/mol. The van der Waals surface area contributed by atoms with E-state index in [-0.39, 0.29) is 17.1 Å². The van der Waals surface area contributed by atoms with E-state index < -0.39 is 22.0 Å². The predicted octanol–water partition coefficient (Wildman–Crippen LogP) is 4.74. The van der Waals surface area contributed by atoms with Gasteiger partial charge in [-0.05, 0) is 48.7 Å². The highest BCUT2D eigenvalue weighted by atomic mass is 35.5. The molecule has 0 aliphatic rings. The second-order valence-corrected chi connectivity index (χ2v) is 8.82. The van der Waals surface area contributed by atoms with Gasteiger partial charge in [-0.1, -0.05) is 49.2 Å². The monoisotopic (exact) mass is 428 g/mol. The van der Waals surface area contributed by atoms with Gasteiger partial charge in [0.2, 0.25) is 15.9 Å². The van der Waals surface area contributed by atoms with Gasteiger partial charge in [0.15, 0.2) is 0 Å². The van der Waals surface area contributed by atoms with Crippen molar-refractivity contribution in [2.45, 2.75) is 32.7 Å². The first-order chi connectivity index (χ1) is 12.7. The maximum Gasteiger partial charge on any atom is 0.248 e. The van der Waals surface area contributed by atoms with Crippen LogP contribution in [0.3, 0.4) is 0 Å². The van der Waals surface area contributed by atoms with Crippen molar-refractivity contribution < 1.29 is 13.2 Å². The number of carbonyl (C=O) groups is 1. The Kier molecular flexibility index (Phi) is 7.14. The normalized spacial score (nSPS) is 12.5. The molecule has 2 rings (SSSR count). The van der Waals surface area contributed by atoms with Gasteiger partial charge in [-0.25, -0.2) is 8.42 Å². The van der Waals surface area contributed by atoms with E-state index in [0.29, 0.717) is 10.7 Å². The lowest BCUT2D eigenvalue weighted by molar-refractivity contribution is -0.117. The summed E-state index contributed by atoms with van der Waals surface area (Å²) in [4.78, 5) is 12.9. The molecule has 0 saturated heterocycles. The number of hydrogen-bond donors (Lipinski definition) is 1. The summed E-state index contributed by atoms with van der Waals surface area (Å²) in [6.45, 7) is 3.78. The maximum atomic E-state index is 12.9. The Morgan fingerprint density at radius 2 is 1.74 bits per heavy atom. The van der Waals surface area contributed by atoms with Crippen molar-refractivity contribution in [2.75, 3.05) is 15.9 Å². The minimum absolute atomic E-state index is 0.176. The lowest BCUT2D eigenvalue weighted by atomic mass is 10.1. The Morgan fingerprint density at radius 1 is 1.11 bits per heavy atom. The number of nitrogens with zero attached hydrogens (tertiary/aromatic N) is 1. The largest absolute Gasteiger partial charge is 0.324 e. The van der Waals surface area contributed by atoms with Gasteiger partial charge in [0.1, 0.15) is 6.04 Å². The maximum absolute atomic E-state index is 12.9. The lowest BCUT2D eigenvalue weighted by Crippen LogP contribution is -2.47. The van der Waals surface area contributed by atoms with Gasteiger partial charge in [0.05, 0.1) is 17.0 Å². The minimum atomic E-state index is -3.79. The number of benzene rings is 2. The molecule has 0 bridgehead atoms. The van der Waals surface area contributed by atoms with Gasteiger partial charge in [-0.2, -0.15) is 0 Å². The summed E-state index contributed by atoms with van der Waals surface area (Å²) in [5.74, 6) is -0.441. The number of nitrogens with one attached hydrogen (secondary N) is 1. The molecule has 0 heterocycles. The van der Waals surface area contributed by atoms with Crippen LogP contribution in [0.1, 0.15) is 25.8 Å². The SMILES string of the molecule is CCc1ccc(NC(=O)C(CC)N(c2cc(Cl)ccc2Cl)S(C)(=O)=O)cc1. The van der Waals surface area contributed by atoms with Crippen LogP contribution >= 0.6 is 23.2 Å². The van der Waals surface area contributed by atoms with Crippen molar-refractivity contribution >= 4 is 50.5 Å². The van der Waals surface area contributed by atoms with E-state index in [0.717, 1.165) is 22.5 Å². The van der Waals surface area contributed by atoms with E-state index in [9.17, 15) is 13.2 Å². The third-order valence-corrected chi connectivity index (χ3v) is 5.83. The Bertz CT molecular complexity index is 915. The topological polar surface area (TPSA) is 66.5 Å². The van der Waals surface area contributed by atoms with Gasteiger partial charge < -0.3 is 5.32 Å². The molecule has 27 heavy (non-hydrogen) atoms. The van der Waals surface area contributed by atoms with E-state index >= 15 is 0 Å². The zero-order valence-electron chi connectivity index (χ0n) is 15.4. The fraction of sp³-hybridized carbons (Fsp3) is 0.316. The van der Waals surface area contributed by atoms with Crippen molar-refractivity contribution in [2.24, 2.45) is 0 Å². The molecule has 146 valence electrons. The van der Waals surface area contributed by atoms with Crippen LogP contribution in [0.2, 0.25) is 10.0 Å². The molecular weight excluding hydrogens is 407 g/mol.